The molecule has 17 heavy (non-hydrogen) atoms. The second kappa shape index (κ2) is 4.02. The Hall–Kier alpha value is -1.03. The summed E-state index contributed by atoms with van der Waals surface area (Å²) in [6.07, 6.45) is 1.34. The van der Waals surface area contributed by atoms with Crippen molar-refractivity contribution in [3.8, 4) is 0 Å². The van der Waals surface area contributed by atoms with E-state index in [1.165, 1.54) is 0 Å². The number of furan rings is 1. The van der Waals surface area contributed by atoms with Crippen molar-refractivity contribution < 1.29 is 9.52 Å². The summed E-state index contributed by atoms with van der Waals surface area (Å²) in [6, 6.07) is 7.52. The molecule has 1 fully saturated rings. The predicted molar refractivity (Wildman–Crippen MR) is 67.2 cm³/mol. The van der Waals surface area contributed by atoms with Crippen molar-refractivity contribution in [2.24, 2.45) is 0 Å². The number of hydrogen-bond donors (Lipinski definition) is 2. The summed E-state index contributed by atoms with van der Waals surface area (Å²) in [7, 11) is 0. The summed E-state index contributed by atoms with van der Waals surface area (Å²) < 4.78 is 5.73. The van der Waals surface area contributed by atoms with Gasteiger partial charge in [-0.15, -0.1) is 0 Å². The van der Waals surface area contributed by atoms with Gasteiger partial charge in [-0.05, 0) is 38.1 Å². The lowest BCUT2D eigenvalue weighted by Crippen LogP contribution is -2.39. The SMILES string of the molecule is OC1(c2cc3cccc(Cl)c3o2)CCNCC1. The smallest absolute Gasteiger partial charge is 0.153 e. The Bertz CT molecular complexity index is 543. The van der Waals surface area contributed by atoms with Crippen molar-refractivity contribution in [1.82, 2.24) is 5.32 Å². The van der Waals surface area contributed by atoms with Gasteiger partial charge in [0.2, 0.25) is 0 Å². The first-order chi connectivity index (χ1) is 8.19. The molecule has 0 saturated carbocycles. The van der Waals surface area contributed by atoms with Gasteiger partial charge < -0.3 is 14.8 Å². The lowest BCUT2D eigenvalue weighted by molar-refractivity contribution is -0.0124. The van der Waals surface area contributed by atoms with Crippen molar-refractivity contribution in [2.75, 3.05) is 13.1 Å². The van der Waals surface area contributed by atoms with Gasteiger partial charge in [0.05, 0.1) is 5.02 Å². The van der Waals surface area contributed by atoms with Gasteiger partial charge >= 0.3 is 0 Å². The average molecular weight is 252 g/mol. The molecule has 1 aliphatic rings. The van der Waals surface area contributed by atoms with Gasteiger partial charge in [0.15, 0.2) is 5.58 Å². The third-order valence-corrected chi connectivity index (χ3v) is 3.68. The zero-order valence-electron chi connectivity index (χ0n) is 9.37. The maximum Gasteiger partial charge on any atom is 0.153 e. The van der Waals surface area contributed by atoms with Crippen molar-refractivity contribution in [3.05, 3.63) is 35.0 Å². The number of piperidine rings is 1. The van der Waals surface area contributed by atoms with E-state index in [9.17, 15) is 5.11 Å². The third-order valence-electron chi connectivity index (χ3n) is 3.39. The molecular formula is C13H14ClNO2. The zero-order chi connectivity index (χ0) is 11.9. The third kappa shape index (κ3) is 1.84. The molecule has 1 aliphatic heterocycles. The molecule has 2 heterocycles. The minimum absolute atomic E-state index is 0.589. The molecule has 0 aliphatic carbocycles. The Morgan fingerprint density at radius 1 is 1.29 bits per heavy atom. The fraction of sp³-hybridized carbons (Fsp3) is 0.385. The first-order valence-electron chi connectivity index (χ1n) is 5.81. The Morgan fingerprint density at radius 2 is 2.06 bits per heavy atom. The van der Waals surface area contributed by atoms with E-state index in [1.807, 2.05) is 18.2 Å². The standard InChI is InChI=1S/C13H14ClNO2/c14-10-3-1-2-9-8-11(17-12(9)10)13(16)4-6-15-7-5-13/h1-3,8,15-16H,4-7H2. The van der Waals surface area contributed by atoms with Crippen LogP contribution in [0.15, 0.2) is 28.7 Å². The van der Waals surface area contributed by atoms with E-state index < -0.39 is 5.60 Å². The van der Waals surface area contributed by atoms with Crippen LogP contribution in [0, 0.1) is 0 Å². The predicted octanol–water partition coefficient (Wildman–Crippen LogP) is 2.66. The normalized spacial score (nSPS) is 19.6. The van der Waals surface area contributed by atoms with E-state index in [-0.39, 0.29) is 0 Å². The van der Waals surface area contributed by atoms with E-state index in [2.05, 4.69) is 5.32 Å². The van der Waals surface area contributed by atoms with Gasteiger partial charge in [0.25, 0.3) is 0 Å². The van der Waals surface area contributed by atoms with Crippen molar-refractivity contribution >= 4 is 22.6 Å². The summed E-state index contributed by atoms with van der Waals surface area (Å²) in [5.74, 6) is 0.627. The Kier molecular flexibility index (Phi) is 2.62. The number of nitrogens with one attached hydrogen (secondary N) is 1. The molecule has 3 rings (SSSR count). The molecule has 2 N–H and O–H groups in total. The van der Waals surface area contributed by atoms with Crippen LogP contribution in [0.25, 0.3) is 11.0 Å². The number of fused-ring (bicyclic) bond motifs is 1. The number of hydrogen-bond acceptors (Lipinski definition) is 3. The Morgan fingerprint density at radius 3 is 2.76 bits per heavy atom. The molecule has 1 saturated heterocycles. The molecule has 0 spiro atoms. The summed E-state index contributed by atoms with van der Waals surface area (Å²) in [5, 5.41) is 15.3. The van der Waals surface area contributed by atoms with E-state index in [0.29, 0.717) is 29.2 Å². The van der Waals surface area contributed by atoms with Gasteiger partial charge in [-0.2, -0.15) is 0 Å². The van der Waals surface area contributed by atoms with Crippen LogP contribution in [-0.2, 0) is 5.60 Å². The molecular weight excluding hydrogens is 238 g/mol. The van der Waals surface area contributed by atoms with Crippen LogP contribution in [0.1, 0.15) is 18.6 Å². The second-order valence-corrected chi connectivity index (χ2v) is 4.96. The first kappa shape index (κ1) is 11.1. The second-order valence-electron chi connectivity index (χ2n) is 4.55. The highest BCUT2D eigenvalue weighted by molar-refractivity contribution is 6.34. The highest BCUT2D eigenvalue weighted by Gasteiger charge is 2.34. The van der Waals surface area contributed by atoms with Gasteiger partial charge in [0, 0.05) is 5.39 Å². The largest absolute Gasteiger partial charge is 0.456 e. The summed E-state index contributed by atoms with van der Waals surface area (Å²) in [4.78, 5) is 0. The summed E-state index contributed by atoms with van der Waals surface area (Å²) >= 11 is 6.07. The van der Waals surface area contributed by atoms with Crippen LogP contribution < -0.4 is 5.32 Å². The molecule has 2 aromatic rings. The van der Waals surface area contributed by atoms with E-state index in [1.54, 1.807) is 6.07 Å². The number of rotatable bonds is 1. The lowest BCUT2D eigenvalue weighted by Gasteiger charge is -2.30. The average Bonchev–Trinajstić information content (AvgIpc) is 2.76. The molecule has 0 atom stereocenters. The van der Waals surface area contributed by atoms with Gasteiger partial charge in [-0.25, -0.2) is 0 Å². The van der Waals surface area contributed by atoms with Crippen LogP contribution in [0.3, 0.4) is 0 Å². The molecule has 1 aromatic heterocycles. The number of halogens is 1. The van der Waals surface area contributed by atoms with E-state index >= 15 is 0 Å². The minimum Gasteiger partial charge on any atom is -0.456 e. The molecule has 0 radical (unpaired) electrons. The van der Waals surface area contributed by atoms with Crippen molar-refractivity contribution in [2.45, 2.75) is 18.4 Å². The van der Waals surface area contributed by atoms with Crippen LogP contribution >= 0.6 is 11.6 Å². The lowest BCUT2D eigenvalue weighted by atomic mass is 9.90. The molecule has 4 heteroatoms. The topological polar surface area (TPSA) is 45.4 Å². The zero-order valence-corrected chi connectivity index (χ0v) is 10.1. The van der Waals surface area contributed by atoms with Crippen LogP contribution in [-0.4, -0.2) is 18.2 Å². The highest BCUT2D eigenvalue weighted by Crippen LogP contribution is 2.36. The quantitative estimate of drug-likeness (QED) is 0.819. The highest BCUT2D eigenvalue weighted by atomic mass is 35.5. The number of benzene rings is 1. The summed E-state index contributed by atoms with van der Waals surface area (Å²) in [5.41, 5.74) is -0.190. The number of aliphatic hydroxyl groups is 1. The van der Waals surface area contributed by atoms with Crippen LogP contribution in [0.5, 0.6) is 0 Å². The van der Waals surface area contributed by atoms with Gasteiger partial charge in [0.1, 0.15) is 11.4 Å². The Balaban J connectivity index is 2.08. The molecule has 0 unspecified atom stereocenters. The number of para-hydroxylation sites is 1. The van der Waals surface area contributed by atoms with Crippen molar-refractivity contribution in [1.29, 1.82) is 0 Å². The molecule has 3 nitrogen and oxygen atoms in total. The summed E-state index contributed by atoms with van der Waals surface area (Å²) in [6.45, 7) is 1.61. The monoisotopic (exact) mass is 251 g/mol. The molecule has 90 valence electrons. The van der Waals surface area contributed by atoms with E-state index in [4.69, 9.17) is 16.0 Å². The van der Waals surface area contributed by atoms with Crippen molar-refractivity contribution in [3.63, 3.8) is 0 Å². The maximum atomic E-state index is 10.6. The molecule has 1 aromatic carbocycles. The van der Waals surface area contributed by atoms with Gasteiger partial charge in [-0.1, -0.05) is 23.7 Å². The molecule has 0 bridgehead atoms. The maximum absolute atomic E-state index is 10.6. The van der Waals surface area contributed by atoms with Crippen LogP contribution in [0.4, 0.5) is 0 Å². The first-order valence-corrected chi connectivity index (χ1v) is 6.18. The minimum atomic E-state index is -0.854. The fourth-order valence-electron chi connectivity index (χ4n) is 2.34. The van der Waals surface area contributed by atoms with E-state index in [0.717, 1.165) is 18.5 Å². The fourth-order valence-corrected chi connectivity index (χ4v) is 2.56. The van der Waals surface area contributed by atoms with Crippen LogP contribution in [0.2, 0.25) is 5.02 Å². The van der Waals surface area contributed by atoms with Gasteiger partial charge in [-0.3, -0.25) is 0 Å². The molecule has 0 amide bonds. The Labute approximate surface area is 104 Å².